The van der Waals surface area contributed by atoms with Gasteiger partial charge < -0.3 is 59.8 Å². The van der Waals surface area contributed by atoms with Crippen molar-refractivity contribution < 1.29 is 66.0 Å². The van der Waals surface area contributed by atoms with Crippen LogP contribution < -0.4 is 36.1 Å². The molecule has 2 aromatic heterocycles. The summed E-state index contributed by atoms with van der Waals surface area (Å²) in [7, 11) is 1.14. The smallest absolute Gasteiger partial charge is 0.358 e. The molecule has 0 radical (unpaired) electrons. The van der Waals surface area contributed by atoms with E-state index in [9.17, 15) is 43.0 Å². The monoisotopic (exact) mass is 1080 g/mol. The zero-order valence-corrected chi connectivity index (χ0v) is 44.7. The predicted octanol–water partition coefficient (Wildman–Crippen LogP) is 7.34. The summed E-state index contributed by atoms with van der Waals surface area (Å²) >= 11 is 0. The molecule has 8 heterocycles. The highest BCUT2D eigenvalue weighted by Crippen LogP contribution is 2.61. The number of esters is 1. The van der Waals surface area contributed by atoms with E-state index in [0.29, 0.717) is 58.0 Å². The average molecular weight is 1080 g/mol. The second-order valence-electron chi connectivity index (χ2n) is 23.3. The van der Waals surface area contributed by atoms with Gasteiger partial charge in [-0.2, -0.15) is 0 Å². The van der Waals surface area contributed by atoms with Crippen LogP contribution in [0.1, 0.15) is 145 Å². The molecule has 79 heavy (non-hydrogen) atoms. The average Bonchev–Trinajstić information content (AvgIpc) is 3.02. The molecule has 2 spiro atoms. The Morgan fingerprint density at radius 3 is 1.54 bits per heavy atom. The van der Waals surface area contributed by atoms with E-state index in [2.05, 4.69) is 36.6 Å². The van der Waals surface area contributed by atoms with E-state index >= 15 is 0 Å². The van der Waals surface area contributed by atoms with Crippen LogP contribution in [-0.2, 0) is 42.8 Å². The second kappa shape index (κ2) is 18.7. The van der Waals surface area contributed by atoms with Gasteiger partial charge in [-0.1, -0.05) is 79.7 Å². The molecule has 6 aliphatic heterocycles. The van der Waals surface area contributed by atoms with Crippen LogP contribution in [0, 0.1) is 34.3 Å². The molecule has 9 atom stereocenters. The number of carbonyl (C=O) groups is 5. The van der Waals surface area contributed by atoms with E-state index in [4.69, 9.17) is 23.0 Å². The maximum absolute atomic E-state index is 15.0. The summed E-state index contributed by atoms with van der Waals surface area (Å²) in [4.78, 5) is 74.4. The minimum atomic E-state index is -1.38. The molecule has 6 aromatic rings. The van der Waals surface area contributed by atoms with Crippen molar-refractivity contribution in [3.8, 4) is 11.5 Å². The number of fused-ring (bicyclic) bond motifs is 8. The van der Waals surface area contributed by atoms with Gasteiger partial charge in [-0.15, -0.1) is 0 Å². The van der Waals surface area contributed by atoms with E-state index in [1.54, 1.807) is 24.3 Å². The molecule has 12 rings (SSSR count). The number of carbonyl (C=O) groups excluding carboxylic acids is 4. The fourth-order valence-corrected chi connectivity index (χ4v) is 11.8. The van der Waals surface area contributed by atoms with E-state index in [0.717, 1.165) is 18.2 Å². The Hall–Kier alpha value is -8.33. The third-order valence-corrected chi connectivity index (χ3v) is 15.8. The van der Waals surface area contributed by atoms with Crippen molar-refractivity contribution >= 4 is 41.0 Å². The van der Waals surface area contributed by atoms with Gasteiger partial charge in [-0.3, -0.25) is 14.4 Å². The molecule has 19 nitrogen and oxygen atoms in total. The largest absolute Gasteiger partial charge is 0.476 e. The molecule has 0 saturated carbocycles. The van der Waals surface area contributed by atoms with E-state index in [-0.39, 0.29) is 52.4 Å². The Morgan fingerprint density at radius 1 is 0.684 bits per heavy atom. The molecule has 8 bridgehead atoms. The molecule has 0 saturated heterocycles. The van der Waals surface area contributed by atoms with Crippen LogP contribution >= 0.6 is 0 Å². The maximum atomic E-state index is 15.0. The number of aliphatic hydroxyl groups excluding tert-OH is 1. The number of hydrogen-bond donors (Lipinski definition) is 7. The summed E-state index contributed by atoms with van der Waals surface area (Å²) in [6.45, 7) is 14.4. The minimum absolute atomic E-state index is 0.0384. The molecular weight excluding hydrogens is 1020 g/mol. The van der Waals surface area contributed by atoms with Gasteiger partial charge in [0.05, 0.1) is 13.7 Å². The number of nitrogens with one attached hydrogen (secondary N) is 5. The van der Waals surface area contributed by atoms with Crippen molar-refractivity contribution in [1.82, 2.24) is 25.9 Å². The summed E-state index contributed by atoms with van der Waals surface area (Å²) in [6.07, 6.45) is -0.754. The molecule has 0 aliphatic carbocycles. The number of halogens is 2. The number of aliphatic hydroxyl groups is 1. The molecule has 6 aliphatic rings. The van der Waals surface area contributed by atoms with Gasteiger partial charge >= 0.3 is 11.9 Å². The number of anilines is 2. The van der Waals surface area contributed by atoms with Gasteiger partial charge in [-0.05, 0) is 83.3 Å². The number of rotatable bonds is 5. The van der Waals surface area contributed by atoms with Crippen molar-refractivity contribution in [2.24, 2.45) is 22.7 Å². The lowest BCUT2D eigenvalue weighted by molar-refractivity contribution is -0.143. The van der Waals surface area contributed by atoms with Crippen molar-refractivity contribution in [3.63, 3.8) is 0 Å². The molecule has 3 amide bonds. The fourth-order valence-electron chi connectivity index (χ4n) is 11.8. The first kappa shape index (κ1) is 52.7. The molecule has 0 unspecified atom stereocenters. The highest BCUT2D eigenvalue weighted by atomic mass is 19.1. The number of aromatic carboxylic acids is 1. The summed E-state index contributed by atoms with van der Waals surface area (Å²) in [5.74, 6) is -3.93. The van der Waals surface area contributed by atoms with Crippen LogP contribution in [-0.4, -0.2) is 82.1 Å². The fraction of sp³-hybridized carbons (Fsp3) is 0.397. The lowest BCUT2D eigenvalue weighted by Gasteiger charge is -2.31. The number of methoxy groups -OCH3 is 1. The van der Waals surface area contributed by atoms with Crippen LogP contribution in [0.2, 0.25) is 0 Å². The van der Waals surface area contributed by atoms with Crippen molar-refractivity contribution in [3.05, 3.63) is 153 Å². The molecule has 7 N–H and O–H groups in total. The van der Waals surface area contributed by atoms with Gasteiger partial charge in [0.15, 0.2) is 41.4 Å². The van der Waals surface area contributed by atoms with Crippen molar-refractivity contribution in [2.75, 3.05) is 24.4 Å². The quantitative estimate of drug-likeness (QED) is 0.0833. The third kappa shape index (κ3) is 8.33. The van der Waals surface area contributed by atoms with Crippen LogP contribution in [0.4, 0.5) is 20.2 Å². The maximum Gasteiger partial charge on any atom is 0.358 e. The standard InChI is InChI=1S/C31H33FN4O7.C27H26FN3O5/c1-14-10-15-6-9-21-18(11-15)31(17-12-16(32)7-8-19(17)34-29(31)42-21)24-22(26(39)33-20(13-37)28(40)41-5)35-27(43-24)23(30(2,3)4)36-25(14)38;1-12-9-13-5-8-18-16(10-13)27(15-11-14(28)6-7-17(15)29-25(27)35-18)21-19(24(33)34)30-23(36-21)20(26(2,3)4)31-22(12)32/h6-9,11-12,14,20,23,29,34,37H,10,13H2,1-5H3,(H,33,39)(H,36,38);5-8,10-12,20,25,29H,9H2,1-4H3,(H,31,32)(H,33,34)/t14-,20-,23+,29+,31-;12-,20+,25+,27-/m00/s1. The number of aromatic nitrogens is 2. The Morgan fingerprint density at radius 2 is 1.13 bits per heavy atom. The second-order valence-corrected chi connectivity index (χ2v) is 23.3. The number of carboxylic acids is 1. The third-order valence-electron chi connectivity index (χ3n) is 15.8. The number of carboxylic acid groups (broad SMARTS) is 1. The lowest BCUT2D eigenvalue weighted by atomic mass is 9.72. The molecule has 0 fully saturated rings. The number of hydrogen-bond acceptors (Lipinski definition) is 15. The normalized spacial score (nSPS) is 25.1. The number of oxazole rings is 2. The van der Waals surface area contributed by atoms with Gasteiger partial charge in [0.2, 0.25) is 23.6 Å². The Labute approximate surface area is 452 Å². The van der Waals surface area contributed by atoms with E-state index < -0.39 is 94.2 Å². The van der Waals surface area contributed by atoms with Crippen molar-refractivity contribution in [2.45, 2.75) is 110 Å². The number of nitrogens with zero attached hydrogens (tertiary/aromatic N) is 2. The Kier molecular flexibility index (Phi) is 12.5. The molecule has 4 aromatic carbocycles. The van der Waals surface area contributed by atoms with Gasteiger partial charge in [-0.25, -0.2) is 28.3 Å². The number of ether oxygens (including phenoxy) is 3. The number of benzene rings is 4. The molecule has 412 valence electrons. The SMILES string of the molecule is COC(=O)[C@H](CO)NC(=O)c1nc2oc1[C@@]13c4cc(F)ccc4N[C@@H]1Oc1ccc(cc13)C[C@H](C)C(=O)N[C@H]2C(C)(C)C.C[C@H]1Cc2ccc3c(c2)[C@@]2(c4cc(F)ccc4N[C@@H]2O3)c2oc(nc2C(=O)O)[C@H](C(C)(C)C)NC1=O. The molecule has 21 heteroatoms. The first-order valence-electron chi connectivity index (χ1n) is 26.0. The van der Waals surface area contributed by atoms with Crippen molar-refractivity contribution in [1.29, 1.82) is 0 Å². The summed E-state index contributed by atoms with van der Waals surface area (Å²) in [5.41, 5.74) is 0.791. The van der Waals surface area contributed by atoms with Crippen LogP contribution in [0.5, 0.6) is 11.5 Å². The lowest BCUT2D eigenvalue weighted by Crippen LogP contribution is -2.46. The first-order valence-corrected chi connectivity index (χ1v) is 26.0. The number of amides is 3. The Balaban J connectivity index is 0.000000170. The first-order chi connectivity index (χ1) is 37.4. The highest BCUT2D eigenvalue weighted by molar-refractivity contribution is 5.97. The van der Waals surface area contributed by atoms with Gasteiger partial charge in [0.25, 0.3) is 5.91 Å². The zero-order chi connectivity index (χ0) is 56.4. The van der Waals surface area contributed by atoms with Crippen LogP contribution in [0.25, 0.3) is 0 Å². The summed E-state index contributed by atoms with van der Waals surface area (Å²) in [6, 6.07) is 16.9. The van der Waals surface area contributed by atoms with Crippen LogP contribution in [0.15, 0.2) is 81.6 Å². The summed E-state index contributed by atoms with van der Waals surface area (Å²) < 4.78 is 59.9. The van der Waals surface area contributed by atoms with E-state index in [1.165, 1.54) is 24.3 Å². The minimum Gasteiger partial charge on any atom is -0.476 e. The Bertz CT molecular complexity index is 3550. The van der Waals surface area contributed by atoms with E-state index in [1.807, 2.05) is 79.7 Å². The predicted molar refractivity (Wildman–Crippen MR) is 278 cm³/mol. The van der Waals surface area contributed by atoms with Gasteiger partial charge in [0, 0.05) is 45.5 Å². The zero-order valence-electron chi connectivity index (χ0n) is 44.7. The molecular formula is C58H59F2N7O12. The highest BCUT2D eigenvalue weighted by Gasteiger charge is 2.63. The van der Waals surface area contributed by atoms with Gasteiger partial charge in [0.1, 0.15) is 46.0 Å². The van der Waals surface area contributed by atoms with Crippen LogP contribution in [0.3, 0.4) is 0 Å². The topological polar surface area (TPSA) is 266 Å². The summed E-state index contributed by atoms with van der Waals surface area (Å²) in [5, 5.41) is 35.2.